The highest BCUT2D eigenvalue weighted by molar-refractivity contribution is 6.15. The van der Waals surface area contributed by atoms with Crippen LogP contribution in [0.2, 0.25) is 0 Å². The number of hydrogen-bond donors (Lipinski definition) is 2. The summed E-state index contributed by atoms with van der Waals surface area (Å²) in [5.41, 5.74) is 10.5. The van der Waals surface area contributed by atoms with E-state index in [9.17, 15) is 4.79 Å². The molecule has 0 spiro atoms. The molecule has 0 saturated heterocycles. The van der Waals surface area contributed by atoms with Crippen LogP contribution in [-0.4, -0.2) is 25.7 Å². The van der Waals surface area contributed by atoms with Gasteiger partial charge in [0.1, 0.15) is 0 Å². The Morgan fingerprint density at radius 1 is 1.14 bits per heavy atom. The summed E-state index contributed by atoms with van der Waals surface area (Å²) < 4.78 is 0. The number of rotatable bonds is 4. The van der Waals surface area contributed by atoms with Gasteiger partial charge in [-0.3, -0.25) is 9.79 Å². The maximum absolute atomic E-state index is 11.5. The fourth-order valence-electron chi connectivity index (χ4n) is 2.02. The van der Waals surface area contributed by atoms with Crippen molar-refractivity contribution in [2.24, 2.45) is 10.7 Å². The number of allylic oxidation sites excluding steroid dienone is 2. The van der Waals surface area contributed by atoms with Gasteiger partial charge in [-0.15, -0.1) is 13.2 Å². The molecule has 1 aromatic carbocycles. The Kier molecular flexibility index (Phi) is 8.23. The lowest BCUT2D eigenvalue weighted by Gasteiger charge is -2.13. The first-order valence-corrected chi connectivity index (χ1v) is 6.84. The lowest BCUT2D eigenvalue weighted by molar-refractivity contribution is 0.0963. The molecule has 0 aliphatic carbocycles. The van der Waals surface area contributed by atoms with Crippen LogP contribution in [0.5, 0.6) is 0 Å². The predicted molar refractivity (Wildman–Crippen MR) is 95.2 cm³/mol. The molecule has 0 atom stereocenters. The summed E-state index contributed by atoms with van der Waals surface area (Å²) in [5, 5.41) is 2.59. The van der Waals surface area contributed by atoms with Crippen molar-refractivity contribution in [2.45, 2.75) is 13.8 Å². The van der Waals surface area contributed by atoms with E-state index >= 15 is 0 Å². The molecule has 4 heteroatoms. The van der Waals surface area contributed by atoms with Gasteiger partial charge in [-0.25, -0.2) is 0 Å². The van der Waals surface area contributed by atoms with Crippen molar-refractivity contribution in [1.29, 1.82) is 0 Å². The van der Waals surface area contributed by atoms with E-state index in [2.05, 4.69) is 30.0 Å². The number of nitrogens with zero attached hydrogens (tertiary/aromatic N) is 1. The Bertz CT molecular complexity index is 591. The maximum Gasteiger partial charge on any atom is 0.251 e. The molecular weight excluding hydrogens is 274 g/mol. The number of nitrogens with two attached hydrogens (primary N) is 1. The number of nitrogens with one attached hydrogen (secondary N) is 1. The van der Waals surface area contributed by atoms with E-state index in [1.54, 1.807) is 26.2 Å². The number of benzene rings is 1. The van der Waals surface area contributed by atoms with Gasteiger partial charge in [0.2, 0.25) is 0 Å². The second kappa shape index (κ2) is 9.34. The van der Waals surface area contributed by atoms with Crippen molar-refractivity contribution in [3.05, 3.63) is 72.0 Å². The summed E-state index contributed by atoms with van der Waals surface area (Å²) in [6.45, 7) is 13.7. The first-order valence-electron chi connectivity index (χ1n) is 6.84. The average molecular weight is 299 g/mol. The molecule has 1 aromatic rings. The normalized spacial score (nSPS) is 10.1. The Labute approximate surface area is 133 Å². The van der Waals surface area contributed by atoms with Gasteiger partial charge in [-0.05, 0) is 26.0 Å². The van der Waals surface area contributed by atoms with E-state index in [0.29, 0.717) is 11.3 Å². The van der Waals surface area contributed by atoms with Gasteiger partial charge in [-0.2, -0.15) is 0 Å². The highest BCUT2D eigenvalue weighted by Crippen LogP contribution is 2.18. The number of amides is 1. The standard InChI is InChI=1S/C16H21N3O.C2H4/c1-10(2)14(11(3)17)15(18-4)12-6-8-13(9-7-12)16(20)19-5;1-2/h6-9H,3,17H2,1-2,4-5H3,(H,19,20);1-2H2. The van der Waals surface area contributed by atoms with E-state index in [1.807, 2.05) is 26.0 Å². The minimum atomic E-state index is -0.114. The Morgan fingerprint density at radius 3 is 1.91 bits per heavy atom. The van der Waals surface area contributed by atoms with Crippen LogP contribution in [0.3, 0.4) is 0 Å². The zero-order chi connectivity index (χ0) is 17.3. The van der Waals surface area contributed by atoms with Crippen LogP contribution < -0.4 is 11.1 Å². The highest BCUT2D eigenvalue weighted by atomic mass is 16.1. The highest BCUT2D eigenvalue weighted by Gasteiger charge is 2.13. The summed E-state index contributed by atoms with van der Waals surface area (Å²) in [7, 11) is 3.32. The third kappa shape index (κ3) is 4.74. The molecular formula is C18H25N3O. The smallest absolute Gasteiger partial charge is 0.251 e. The van der Waals surface area contributed by atoms with Crippen LogP contribution in [0, 0.1) is 0 Å². The SMILES string of the molecule is C=C.C=C(N)C(C(=NC)c1ccc(C(=O)NC)cc1)=C(C)C. The van der Waals surface area contributed by atoms with Crippen molar-refractivity contribution in [3.63, 3.8) is 0 Å². The van der Waals surface area contributed by atoms with Crippen molar-refractivity contribution < 1.29 is 4.79 Å². The van der Waals surface area contributed by atoms with Crippen molar-refractivity contribution in [2.75, 3.05) is 14.1 Å². The van der Waals surface area contributed by atoms with Gasteiger partial charge in [0.05, 0.1) is 5.71 Å². The van der Waals surface area contributed by atoms with E-state index < -0.39 is 0 Å². The third-order valence-electron chi connectivity index (χ3n) is 2.93. The van der Waals surface area contributed by atoms with Crippen molar-refractivity contribution in [3.8, 4) is 0 Å². The van der Waals surface area contributed by atoms with Crippen LogP contribution in [0.15, 0.2) is 65.8 Å². The summed E-state index contributed by atoms with van der Waals surface area (Å²) in [6, 6.07) is 7.25. The molecule has 0 heterocycles. The van der Waals surface area contributed by atoms with Gasteiger partial charge in [0, 0.05) is 36.5 Å². The van der Waals surface area contributed by atoms with Gasteiger partial charge in [-0.1, -0.05) is 24.3 Å². The molecule has 4 nitrogen and oxygen atoms in total. The molecule has 0 aliphatic heterocycles. The van der Waals surface area contributed by atoms with Crippen LogP contribution >= 0.6 is 0 Å². The van der Waals surface area contributed by atoms with E-state index in [4.69, 9.17) is 5.73 Å². The molecule has 1 rings (SSSR count). The van der Waals surface area contributed by atoms with Gasteiger partial charge in [0.25, 0.3) is 5.91 Å². The summed E-state index contributed by atoms with van der Waals surface area (Å²) in [5.74, 6) is -0.114. The quantitative estimate of drug-likeness (QED) is 0.509. The summed E-state index contributed by atoms with van der Waals surface area (Å²) in [6.07, 6.45) is 0. The van der Waals surface area contributed by atoms with Crippen LogP contribution in [0.4, 0.5) is 0 Å². The minimum Gasteiger partial charge on any atom is -0.399 e. The third-order valence-corrected chi connectivity index (χ3v) is 2.93. The lowest BCUT2D eigenvalue weighted by atomic mass is 9.96. The van der Waals surface area contributed by atoms with Gasteiger partial charge >= 0.3 is 0 Å². The topological polar surface area (TPSA) is 67.5 Å². The van der Waals surface area contributed by atoms with E-state index in [-0.39, 0.29) is 5.91 Å². The van der Waals surface area contributed by atoms with Crippen molar-refractivity contribution in [1.82, 2.24) is 5.32 Å². The van der Waals surface area contributed by atoms with Crippen LogP contribution in [0.25, 0.3) is 0 Å². The molecule has 22 heavy (non-hydrogen) atoms. The predicted octanol–water partition coefficient (Wildman–Crippen LogP) is 3.08. The zero-order valence-electron chi connectivity index (χ0n) is 13.9. The fraction of sp³-hybridized carbons (Fsp3) is 0.222. The van der Waals surface area contributed by atoms with Crippen molar-refractivity contribution >= 4 is 11.6 Å². The van der Waals surface area contributed by atoms with E-state index in [0.717, 1.165) is 22.4 Å². The lowest BCUT2D eigenvalue weighted by Crippen LogP contribution is -2.18. The first-order chi connectivity index (χ1) is 10.4. The van der Waals surface area contributed by atoms with Crippen LogP contribution in [-0.2, 0) is 0 Å². The molecule has 0 aromatic heterocycles. The van der Waals surface area contributed by atoms with E-state index in [1.165, 1.54) is 0 Å². The van der Waals surface area contributed by atoms with Gasteiger partial charge < -0.3 is 11.1 Å². The minimum absolute atomic E-state index is 0.114. The largest absolute Gasteiger partial charge is 0.399 e. The molecule has 0 radical (unpaired) electrons. The molecule has 3 N–H and O–H groups in total. The molecule has 0 unspecified atom stereocenters. The molecule has 118 valence electrons. The molecule has 0 bridgehead atoms. The monoisotopic (exact) mass is 299 g/mol. The number of aliphatic imine (C=N–C) groups is 1. The number of carbonyl (C=O) groups excluding carboxylic acids is 1. The second-order valence-corrected chi connectivity index (χ2v) is 4.63. The fourth-order valence-corrected chi connectivity index (χ4v) is 2.02. The Hall–Kier alpha value is -2.62. The summed E-state index contributed by atoms with van der Waals surface area (Å²) >= 11 is 0. The second-order valence-electron chi connectivity index (χ2n) is 4.63. The van der Waals surface area contributed by atoms with Gasteiger partial charge in [0.15, 0.2) is 0 Å². The van der Waals surface area contributed by atoms with Crippen LogP contribution in [0.1, 0.15) is 29.8 Å². The average Bonchev–Trinajstić information content (AvgIpc) is 2.53. The zero-order valence-corrected chi connectivity index (χ0v) is 13.9. The Balaban J connectivity index is 0.00000211. The summed E-state index contributed by atoms with van der Waals surface area (Å²) in [4.78, 5) is 15.8. The Morgan fingerprint density at radius 2 is 1.59 bits per heavy atom. The molecule has 1 amide bonds. The number of hydrogen-bond acceptors (Lipinski definition) is 3. The molecule has 0 aliphatic rings. The molecule has 0 saturated carbocycles. The number of carbonyl (C=O) groups is 1. The first kappa shape index (κ1) is 19.4. The molecule has 0 fully saturated rings. The maximum atomic E-state index is 11.5.